The standard InChI is InChI=1S/C13H10N2O2/c1-2-4-13-10(3-1)7-12(8-14-13)16-9-11-5-6-15-17-11/h1-8H,9H2. The minimum atomic E-state index is 0.361. The van der Waals surface area contributed by atoms with E-state index in [-0.39, 0.29) is 0 Å². The molecular weight excluding hydrogens is 216 g/mol. The number of hydrogen-bond donors (Lipinski definition) is 0. The van der Waals surface area contributed by atoms with E-state index in [0.29, 0.717) is 12.4 Å². The lowest BCUT2D eigenvalue weighted by Crippen LogP contribution is -1.94. The van der Waals surface area contributed by atoms with Crippen LogP contribution >= 0.6 is 0 Å². The molecule has 0 saturated carbocycles. The molecule has 0 atom stereocenters. The van der Waals surface area contributed by atoms with Crippen LogP contribution < -0.4 is 4.74 Å². The van der Waals surface area contributed by atoms with Gasteiger partial charge in [-0.3, -0.25) is 4.98 Å². The lowest BCUT2D eigenvalue weighted by molar-refractivity contribution is 0.249. The van der Waals surface area contributed by atoms with Crippen LogP contribution in [0.5, 0.6) is 5.75 Å². The SMILES string of the molecule is c1ccc2ncc(OCc3ccno3)cc2c1. The molecule has 0 spiro atoms. The second-order valence-electron chi connectivity index (χ2n) is 3.63. The van der Waals surface area contributed by atoms with Crippen LogP contribution in [-0.2, 0) is 6.61 Å². The second-order valence-corrected chi connectivity index (χ2v) is 3.63. The van der Waals surface area contributed by atoms with E-state index in [1.807, 2.05) is 30.3 Å². The Balaban J connectivity index is 1.81. The Morgan fingerprint density at radius 3 is 3.00 bits per heavy atom. The van der Waals surface area contributed by atoms with Crippen LogP contribution in [0.25, 0.3) is 10.9 Å². The van der Waals surface area contributed by atoms with Crippen LogP contribution in [0.2, 0.25) is 0 Å². The summed E-state index contributed by atoms with van der Waals surface area (Å²) >= 11 is 0. The first-order chi connectivity index (χ1) is 8.42. The maximum absolute atomic E-state index is 5.56. The minimum absolute atomic E-state index is 0.361. The van der Waals surface area contributed by atoms with Crippen molar-refractivity contribution < 1.29 is 9.26 Å². The molecule has 0 radical (unpaired) electrons. The molecule has 3 aromatic rings. The van der Waals surface area contributed by atoms with Gasteiger partial charge in [0.25, 0.3) is 0 Å². The van der Waals surface area contributed by atoms with Gasteiger partial charge >= 0.3 is 0 Å². The van der Waals surface area contributed by atoms with E-state index < -0.39 is 0 Å². The van der Waals surface area contributed by atoms with Crippen LogP contribution in [0.15, 0.2) is 53.3 Å². The Bertz CT molecular complexity index is 620. The van der Waals surface area contributed by atoms with Gasteiger partial charge in [0.15, 0.2) is 5.76 Å². The first kappa shape index (κ1) is 9.84. The molecule has 0 fully saturated rings. The molecule has 4 heteroatoms. The zero-order chi connectivity index (χ0) is 11.5. The molecule has 0 N–H and O–H groups in total. The predicted molar refractivity (Wildman–Crippen MR) is 62.6 cm³/mol. The molecule has 2 aromatic heterocycles. The Labute approximate surface area is 97.8 Å². The van der Waals surface area contributed by atoms with Crippen molar-refractivity contribution in [2.75, 3.05) is 0 Å². The minimum Gasteiger partial charge on any atom is -0.484 e. The quantitative estimate of drug-likeness (QED) is 0.689. The molecule has 84 valence electrons. The third-order valence-electron chi connectivity index (χ3n) is 2.44. The molecule has 2 heterocycles. The topological polar surface area (TPSA) is 48.2 Å². The number of pyridine rings is 1. The summed E-state index contributed by atoms with van der Waals surface area (Å²) in [4.78, 5) is 4.31. The number of rotatable bonds is 3. The lowest BCUT2D eigenvalue weighted by atomic mass is 10.2. The number of ether oxygens (including phenoxy) is 1. The summed E-state index contributed by atoms with van der Waals surface area (Å²) in [7, 11) is 0. The van der Waals surface area contributed by atoms with Crippen molar-refractivity contribution in [2.24, 2.45) is 0 Å². The Hall–Kier alpha value is -2.36. The van der Waals surface area contributed by atoms with E-state index in [1.54, 1.807) is 18.5 Å². The number of hydrogen-bond acceptors (Lipinski definition) is 4. The zero-order valence-corrected chi connectivity index (χ0v) is 9.04. The van der Waals surface area contributed by atoms with E-state index in [1.165, 1.54) is 0 Å². The monoisotopic (exact) mass is 226 g/mol. The van der Waals surface area contributed by atoms with Gasteiger partial charge in [-0.1, -0.05) is 23.4 Å². The van der Waals surface area contributed by atoms with E-state index in [9.17, 15) is 0 Å². The molecule has 1 aromatic carbocycles. The highest BCUT2D eigenvalue weighted by atomic mass is 16.5. The number of fused-ring (bicyclic) bond motifs is 1. The molecule has 0 saturated heterocycles. The van der Waals surface area contributed by atoms with E-state index in [0.717, 1.165) is 16.7 Å². The molecule has 0 aliphatic rings. The highest BCUT2D eigenvalue weighted by Crippen LogP contribution is 2.18. The molecule has 0 aliphatic heterocycles. The van der Waals surface area contributed by atoms with Crippen molar-refractivity contribution in [1.29, 1.82) is 0 Å². The van der Waals surface area contributed by atoms with Gasteiger partial charge in [0.2, 0.25) is 0 Å². The van der Waals surface area contributed by atoms with Crippen LogP contribution in [-0.4, -0.2) is 10.1 Å². The summed E-state index contributed by atoms with van der Waals surface area (Å²) in [6.45, 7) is 0.361. The highest BCUT2D eigenvalue weighted by molar-refractivity contribution is 5.79. The molecular formula is C13H10N2O2. The van der Waals surface area contributed by atoms with Crippen LogP contribution in [0.4, 0.5) is 0 Å². The van der Waals surface area contributed by atoms with Crippen LogP contribution in [0.1, 0.15) is 5.76 Å². The van der Waals surface area contributed by atoms with Gasteiger partial charge in [0.05, 0.1) is 17.9 Å². The van der Waals surface area contributed by atoms with E-state index in [4.69, 9.17) is 9.26 Å². The van der Waals surface area contributed by atoms with Crippen molar-refractivity contribution in [3.63, 3.8) is 0 Å². The Morgan fingerprint density at radius 2 is 2.12 bits per heavy atom. The van der Waals surface area contributed by atoms with E-state index in [2.05, 4.69) is 10.1 Å². The maximum Gasteiger partial charge on any atom is 0.174 e. The molecule has 4 nitrogen and oxygen atoms in total. The van der Waals surface area contributed by atoms with Crippen molar-refractivity contribution in [2.45, 2.75) is 6.61 Å². The first-order valence-corrected chi connectivity index (χ1v) is 5.29. The van der Waals surface area contributed by atoms with Crippen molar-refractivity contribution in [3.05, 3.63) is 54.6 Å². The smallest absolute Gasteiger partial charge is 0.174 e. The van der Waals surface area contributed by atoms with Crippen molar-refractivity contribution >= 4 is 10.9 Å². The average molecular weight is 226 g/mol. The second kappa shape index (κ2) is 4.25. The third-order valence-corrected chi connectivity index (χ3v) is 2.44. The summed E-state index contributed by atoms with van der Waals surface area (Å²) in [6, 6.07) is 11.6. The average Bonchev–Trinajstić information content (AvgIpc) is 2.89. The van der Waals surface area contributed by atoms with Gasteiger partial charge in [-0.2, -0.15) is 0 Å². The van der Waals surface area contributed by atoms with Crippen LogP contribution in [0, 0.1) is 0 Å². The number of aromatic nitrogens is 2. The summed E-state index contributed by atoms with van der Waals surface area (Å²) in [6.07, 6.45) is 3.30. The maximum atomic E-state index is 5.56. The van der Waals surface area contributed by atoms with Gasteiger partial charge in [-0.15, -0.1) is 0 Å². The first-order valence-electron chi connectivity index (χ1n) is 5.29. The summed E-state index contributed by atoms with van der Waals surface area (Å²) in [5, 5.41) is 4.67. The lowest BCUT2D eigenvalue weighted by Gasteiger charge is -2.04. The Morgan fingerprint density at radius 1 is 1.18 bits per heavy atom. The normalized spacial score (nSPS) is 10.6. The summed E-state index contributed by atoms with van der Waals surface area (Å²) in [5.74, 6) is 1.42. The highest BCUT2D eigenvalue weighted by Gasteiger charge is 2.01. The molecule has 0 unspecified atom stereocenters. The summed E-state index contributed by atoms with van der Waals surface area (Å²) in [5.41, 5.74) is 0.958. The molecule has 0 amide bonds. The number of nitrogens with zero attached hydrogens (tertiary/aromatic N) is 2. The van der Waals surface area contributed by atoms with E-state index >= 15 is 0 Å². The largest absolute Gasteiger partial charge is 0.484 e. The fourth-order valence-electron chi connectivity index (χ4n) is 1.60. The van der Waals surface area contributed by atoms with Gasteiger partial charge in [0, 0.05) is 11.5 Å². The fourth-order valence-corrected chi connectivity index (χ4v) is 1.60. The van der Waals surface area contributed by atoms with Crippen molar-refractivity contribution in [1.82, 2.24) is 10.1 Å². The number of para-hydroxylation sites is 1. The molecule has 0 bridgehead atoms. The third kappa shape index (κ3) is 2.10. The molecule has 17 heavy (non-hydrogen) atoms. The number of benzene rings is 1. The summed E-state index contributed by atoms with van der Waals surface area (Å²) < 4.78 is 10.5. The van der Waals surface area contributed by atoms with Crippen LogP contribution in [0.3, 0.4) is 0 Å². The van der Waals surface area contributed by atoms with Gasteiger partial charge in [-0.05, 0) is 12.1 Å². The predicted octanol–water partition coefficient (Wildman–Crippen LogP) is 2.80. The zero-order valence-electron chi connectivity index (χ0n) is 9.04. The Kier molecular flexibility index (Phi) is 2.46. The fraction of sp³-hybridized carbons (Fsp3) is 0.0769. The molecule has 0 aliphatic carbocycles. The van der Waals surface area contributed by atoms with Gasteiger partial charge in [0.1, 0.15) is 12.4 Å². The molecule has 3 rings (SSSR count). The van der Waals surface area contributed by atoms with Gasteiger partial charge in [-0.25, -0.2) is 0 Å². The van der Waals surface area contributed by atoms with Gasteiger partial charge < -0.3 is 9.26 Å². The van der Waals surface area contributed by atoms with Crippen molar-refractivity contribution in [3.8, 4) is 5.75 Å².